The summed E-state index contributed by atoms with van der Waals surface area (Å²) in [6.45, 7) is 2.04. The zero-order chi connectivity index (χ0) is 10.8. The SMILES string of the molecule is Cc1cc(-n2cnnc2CCl)ccc1Br. The Hall–Kier alpha value is -0.870. The predicted octanol–water partition coefficient (Wildman–Crippen LogP) is 3.08. The largest absolute Gasteiger partial charge is 0.285 e. The first-order valence-corrected chi connectivity index (χ1v) is 5.76. The highest BCUT2D eigenvalue weighted by Crippen LogP contribution is 2.20. The summed E-state index contributed by atoms with van der Waals surface area (Å²) in [7, 11) is 0. The Labute approximate surface area is 101 Å². The minimum atomic E-state index is 0.356. The van der Waals surface area contributed by atoms with E-state index in [1.807, 2.05) is 23.6 Å². The lowest BCUT2D eigenvalue weighted by atomic mass is 10.2. The molecule has 0 aliphatic heterocycles. The van der Waals surface area contributed by atoms with Crippen molar-refractivity contribution < 1.29 is 0 Å². The summed E-state index contributed by atoms with van der Waals surface area (Å²) in [6, 6.07) is 6.06. The van der Waals surface area contributed by atoms with E-state index in [1.54, 1.807) is 6.33 Å². The number of nitrogens with zero attached hydrogens (tertiary/aromatic N) is 3. The van der Waals surface area contributed by atoms with Crippen LogP contribution in [0.1, 0.15) is 11.4 Å². The minimum absolute atomic E-state index is 0.356. The van der Waals surface area contributed by atoms with Gasteiger partial charge in [0.05, 0.1) is 5.88 Å². The highest BCUT2D eigenvalue weighted by atomic mass is 79.9. The van der Waals surface area contributed by atoms with E-state index >= 15 is 0 Å². The van der Waals surface area contributed by atoms with Gasteiger partial charge in [0.2, 0.25) is 0 Å². The van der Waals surface area contributed by atoms with Crippen molar-refractivity contribution in [3.63, 3.8) is 0 Å². The molecule has 3 nitrogen and oxygen atoms in total. The quantitative estimate of drug-likeness (QED) is 0.794. The van der Waals surface area contributed by atoms with E-state index in [4.69, 9.17) is 11.6 Å². The average molecular weight is 287 g/mol. The van der Waals surface area contributed by atoms with Crippen molar-refractivity contribution in [1.82, 2.24) is 14.8 Å². The lowest BCUT2D eigenvalue weighted by Crippen LogP contribution is -1.98. The number of benzene rings is 1. The van der Waals surface area contributed by atoms with Gasteiger partial charge in [0.1, 0.15) is 6.33 Å². The molecule has 1 heterocycles. The van der Waals surface area contributed by atoms with Crippen LogP contribution < -0.4 is 0 Å². The Balaban J connectivity index is 2.50. The summed E-state index contributed by atoms with van der Waals surface area (Å²) in [5, 5.41) is 7.77. The van der Waals surface area contributed by atoms with E-state index < -0.39 is 0 Å². The first-order valence-electron chi connectivity index (χ1n) is 4.44. The van der Waals surface area contributed by atoms with Crippen LogP contribution >= 0.6 is 27.5 Å². The minimum Gasteiger partial charge on any atom is -0.285 e. The van der Waals surface area contributed by atoms with E-state index in [-0.39, 0.29) is 0 Å². The molecule has 0 saturated carbocycles. The van der Waals surface area contributed by atoms with Crippen LogP contribution in [0.25, 0.3) is 5.69 Å². The first kappa shape index (κ1) is 10.6. The second kappa shape index (κ2) is 4.33. The summed E-state index contributed by atoms with van der Waals surface area (Å²) >= 11 is 9.22. The van der Waals surface area contributed by atoms with Gasteiger partial charge in [-0.2, -0.15) is 0 Å². The molecular weight excluding hydrogens is 277 g/mol. The van der Waals surface area contributed by atoms with Crippen molar-refractivity contribution in [1.29, 1.82) is 0 Å². The molecule has 2 rings (SSSR count). The molecule has 0 aliphatic carbocycles. The van der Waals surface area contributed by atoms with Crippen LogP contribution in [0.4, 0.5) is 0 Å². The molecule has 1 aromatic heterocycles. The van der Waals surface area contributed by atoms with Crippen LogP contribution in [-0.2, 0) is 5.88 Å². The van der Waals surface area contributed by atoms with Gasteiger partial charge in [-0.3, -0.25) is 4.57 Å². The Bertz CT molecular complexity index is 481. The molecule has 0 fully saturated rings. The third kappa shape index (κ3) is 2.06. The Morgan fingerprint density at radius 3 is 2.93 bits per heavy atom. The van der Waals surface area contributed by atoms with Gasteiger partial charge in [-0.05, 0) is 30.7 Å². The number of hydrogen-bond acceptors (Lipinski definition) is 2. The molecule has 1 aromatic carbocycles. The van der Waals surface area contributed by atoms with Crippen LogP contribution in [-0.4, -0.2) is 14.8 Å². The number of aryl methyl sites for hydroxylation is 1. The van der Waals surface area contributed by atoms with Crippen LogP contribution in [0.5, 0.6) is 0 Å². The number of rotatable bonds is 2. The molecule has 2 aromatic rings. The molecule has 0 unspecified atom stereocenters. The summed E-state index contributed by atoms with van der Waals surface area (Å²) in [4.78, 5) is 0. The molecule has 0 spiro atoms. The third-order valence-corrected chi connectivity index (χ3v) is 3.29. The van der Waals surface area contributed by atoms with E-state index in [0.29, 0.717) is 5.88 Å². The second-order valence-corrected chi connectivity index (χ2v) is 4.31. The topological polar surface area (TPSA) is 30.7 Å². The molecule has 0 aliphatic rings. The van der Waals surface area contributed by atoms with Crippen molar-refractivity contribution in [3.05, 3.63) is 40.4 Å². The zero-order valence-electron chi connectivity index (χ0n) is 8.11. The van der Waals surface area contributed by atoms with E-state index in [0.717, 1.165) is 16.0 Å². The van der Waals surface area contributed by atoms with E-state index in [1.165, 1.54) is 5.56 Å². The molecule has 5 heteroatoms. The van der Waals surface area contributed by atoms with Crippen molar-refractivity contribution >= 4 is 27.5 Å². The number of hydrogen-bond donors (Lipinski definition) is 0. The number of alkyl halides is 1. The van der Waals surface area contributed by atoms with Crippen molar-refractivity contribution in [2.24, 2.45) is 0 Å². The second-order valence-electron chi connectivity index (χ2n) is 3.18. The fourth-order valence-corrected chi connectivity index (χ4v) is 1.77. The van der Waals surface area contributed by atoms with Gasteiger partial charge in [-0.25, -0.2) is 0 Å². The monoisotopic (exact) mass is 285 g/mol. The van der Waals surface area contributed by atoms with Gasteiger partial charge in [0.25, 0.3) is 0 Å². The van der Waals surface area contributed by atoms with Crippen LogP contribution in [0.2, 0.25) is 0 Å². The molecule has 15 heavy (non-hydrogen) atoms. The lowest BCUT2D eigenvalue weighted by Gasteiger charge is -2.06. The van der Waals surface area contributed by atoms with Gasteiger partial charge < -0.3 is 0 Å². The van der Waals surface area contributed by atoms with Crippen LogP contribution in [0, 0.1) is 6.92 Å². The highest BCUT2D eigenvalue weighted by Gasteiger charge is 2.05. The lowest BCUT2D eigenvalue weighted by molar-refractivity contribution is 0.949. The molecule has 0 saturated heterocycles. The molecule has 78 valence electrons. The molecule has 0 atom stereocenters. The zero-order valence-corrected chi connectivity index (χ0v) is 10.5. The Morgan fingerprint density at radius 2 is 2.27 bits per heavy atom. The average Bonchev–Trinajstić information content (AvgIpc) is 2.70. The highest BCUT2D eigenvalue weighted by molar-refractivity contribution is 9.10. The normalized spacial score (nSPS) is 10.6. The smallest absolute Gasteiger partial charge is 0.152 e. The maximum absolute atomic E-state index is 5.76. The summed E-state index contributed by atoms with van der Waals surface area (Å²) in [5.74, 6) is 1.10. The first-order chi connectivity index (χ1) is 7.22. The number of aromatic nitrogens is 3. The fraction of sp³-hybridized carbons (Fsp3) is 0.200. The molecular formula is C10H9BrClN3. The van der Waals surface area contributed by atoms with Crippen molar-refractivity contribution in [2.75, 3.05) is 0 Å². The van der Waals surface area contributed by atoms with Crippen molar-refractivity contribution in [3.8, 4) is 5.69 Å². The third-order valence-electron chi connectivity index (χ3n) is 2.16. The maximum Gasteiger partial charge on any atom is 0.152 e. The molecule has 0 N–H and O–H groups in total. The Kier molecular flexibility index (Phi) is 3.07. The molecule has 0 radical (unpaired) electrons. The van der Waals surface area contributed by atoms with Gasteiger partial charge in [-0.1, -0.05) is 15.9 Å². The van der Waals surface area contributed by atoms with Crippen LogP contribution in [0.3, 0.4) is 0 Å². The Morgan fingerprint density at radius 1 is 1.47 bits per heavy atom. The van der Waals surface area contributed by atoms with Gasteiger partial charge in [0, 0.05) is 10.2 Å². The van der Waals surface area contributed by atoms with E-state index in [9.17, 15) is 0 Å². The van der Waals surface area contributed by atoms with Gasteiger partial charge in [-0.15, -0.1) is 21.8 Å². The molecule has 0 amide bonds. The van der Waals surface area contributed by atoms with Crippen LogP contribution in [0.15, 0.2) is 29.0 Å². The standard InChI is InChI=1S/C10H9BrClN3/c1-7-4-8(2-3-9(7)11)15-6-13-14-10(15)5-12/h2-4,6H,5H2,1H3. The summed E-state index contributed by atoms with van der Waals surface area (Å²) in [6.07, 6.45) is 1.67. The summed E-state index contributed by atoms with van der Waals surface area (Å²) < 4.78 is 2.97. The maximum atomic E-state index is 5.76. The van der Waals surface area contributed by atoms with Crippen molar-refractivity contribution in [2.45, 2.75) is 12.8 Å². The summed E-state index contributed by atoms with van der Waals surface area (Å²) in [5.41, 5.74) is 2.19. The van der Waals surface area contributed by atoms with Gasteiger partial charge >= 0.3 is 0 Å². The predicted molar refractivity (Wildman–Crippen MR) is 63.4 cm³/mol. The number of halogens is 2. The van der Waals surface area contributed by atoms with Gasteiger partial charge in [0.15, 0.2) is 5.82 Å². The fourth-order valence-electron chi connectivity index (χ4n) is 1.34. The van der Waals surface area contributed by atoms with E-state index in [2.05, 4.69) is 32.2 Å². The molecule has 0 bridgehead atoms.